The van der Waals surface area contributed by atoms with Crippen molar-refractivity contribution in [3.8, 4) is 0 Å². The number of nitrogen functional groups attached to an aromatic ring is 1. The third-order valence-corrected chi connectivity index (χ3v) is 4.61. The van der Waals surface area contributed by atoms with Gasteiger partial charge in [0.2, 0.25) is 15.9 Å². The molecule has 0 radical (unpaired) electrons. The average molecular weight is 321 g/mol. The van der Waals surface area contributed by atoms with E-state index in [0.29, 0.717) is 29.3 Å². The fraction of sp³-hybridized carbons (Fsp3) is 0.417. The molecular weight excluding hydrogens is 304 g/mol. The smallest absolute Gasteiger partial charge is 0.249 e. The molecule has 0 atom stereocenters. The second kappa shape index (κ2) is 6.81. The van der Waals surface area contributed by atoms with Crippen molar-refractivity contribution in [2.24, 2.45) is 5.73 Å². The number of primary amides is 1. The lowest BCUT2D eigenvalue weighted by Crippen LogP contribution is -2.39. The number of anilines is 1. The number of sulfonamides is 1. The van der Waals surface area contributed by atoms with Crippen LogP contribution in [0.3, 0.4) is 0 Å². The first-order chi connectivity index (χ1) is 9.70. The summed E-state index contributed by atoms with van der Waals surface area (Å²) < 4.78 is 52.9. The van der Waals surface area contributed by atoms with Gasteiger partial charge in [-0.15, -0.1) is 0 Å². The zero-order valence-electron chi connectivity index (χ0n) is 11.5. The number of benzene rings is 1. The van der Waals surface area contributed by atoms with Crippen molar-refractivity contribution in [2.75, 3.05) is 18.8 Å². The van der Waals surface area contributed by atoms with Crippen LogP contribution >= 0.6 is 0 Å². The van der Waals surface area contributed by atoms with Gasteiger partial charge in [0.05, 0.1) is 6.54 Å². The topological polar surface area (TPSA) is 106 Å². The minimum Gasteiger partial charge on any atom is -0.399 e. The Labute approximate surface area is 121 Å². The Morgan fingerprint density at radius 2 is 1.81 bits per heavy atom. The molecule has 0 aliphatic carbocycles. The van der Waals surface area contributed by atoms with Crippen molar-refractivity contribution in [1.82, 2.24) is 4.31 Å². The maximum absolute atomic E-state index is 13.8. The molecule has 9 heteroatoms. The van der Waals surface area contributed by atoms with Crippen LogP contribution < -0.4 is 11.5 Å². The van der Waals surface area contributed by atoms with Gasteiger partial charge in [0.15, 0.2) is 4.90 Å². The van der Waals surface area contributed by atoms with Crippen LogP contribution in [0, 0.1) is 11.6 Å². The van der Waals surface area contributed by atoms with E-state index in [1.807, 2.05) is 0 Å². The van der Waals surface area contributed by atoms with Crippen LogP contribution in [0.2, 0.25) is 0 Å². The number of carbonyl (C=O) groups is 1. The van der Waals surface area contributed by atoms with Crippen LogP contribution in [0.25, 0.3) is 0 Å². The van der Waals surface area contributed by atoms with E-state index in [2.05, 4.69) is 0 Å². The third kappa shape index (κ3) is 4.11. The molecule has 1 rings (SSSR count). The summed E-state index contributed by atoms with van der Waals surface area (Å²) >= 11 is 0. The maximum atomic E-state index is 13.8. The van der Waals surface area contributed by atoms with Crippen molar-refractivity contribution < 1.29 is 22.0 Å². The number of hydrogen-bond acceptors (Lipinski definition) is 4. The molecule has 118 valence electrons. The highest BCUT2D eigenvalue weighted by molar-refractivity contribution is 7.89. The van der Waals surface area contributed by atoms with E-state index in [4.69, 9.17) is 11.5 Å². The summed E-state index contributed by atoms with van der Waals surface area (Å²) in [6.07, 6.45) is 1.06. The Morgan fingerprint density at radius 3 is 2.24 bits per heavy atom. The lowest BCUT2D eigenvalue weighted by Gasteiger charge is -2.21. The molecule has 0 aliphatic rings. The Kier molecular flexibility index (Phi) is 5.62. The predicted molar refractivity (Wildman–Crippen MR) is 73.6 cm³/mol. The van der Waals surface area contributed by atoms with Crippen LogP contribution in [0.1, 0.15) is 19.8 Å². The monoisotopic (exact) mass is 321 g/mol. The molecule has 0 bridgehead atoms. The van der Waals surface area contributed by atoms with E-state index in [1.165, 1.54) is 0 Å². The number of nitrogens with two attached hydrogens (primary N) is 2. The number of unbranched alkanes of at least 4 members (excludes halogenated alkanes) is 1. The molecule has 4 N–H and O–H groups in total. The van der Waals surface area contributed by atoms with Crippen molar-refractivity contribution in [2.45, 2.75) is 24.7 Å². The molecule has 0 unspecified atom stereocenters. The van der Waals surface area contributed by atoms with E-state index in [1.54, 1.807) is 6.92 Å². The molecule has 0 aromatic heterocycles. The largest absolute Gasteiger partial charge is 0.399 e. The van der Waals surface area contributed by atoms with Gasteiger partial charge in [0.1, 0.15) is 11.6 Å². The Hall–Kier alpha value is -1.74. The summed E-state index contributed by atoms with van der Waals surface area (Å²) in [5.74, 6) is -3.53. The molecule has 1 amide bonds. The molecule has 0 aliphatic heterocycles. The molecule has 6 nitrogen and oxygen atoms in total. The fourth-order valence-corrected chi connectivity index (χ4v) is 3.28. The predicted octanol–water partition coefficient (Wildman–Crippen LogP) is 0.823. The second-order valence-electron chi connectivity index (χ2n) is 4.47. The minimum atomic E-state index is -4.52. The molecule has 0 saturated carbocycles. The number of amides is 1. The number of rotatable bonds is 7. The first-order valence-electron chi connectivity index (χ1n) is 6.23. The quantitative estimate of drug-likeness (QED) is 0.725. The number of carbonyl (C=O) groups excluding carboxylic acids is 1. The van der Waals surface area contributed by atoms with Crippen LogP contribution in [-0.2, 0) is 14.8 Å². The van der Waals surface area contributed by atoms with Gasteiger partial charge in [0.25, 0.3) is 0 Å². The van der Waals surface area contributed by atoms with Crippen molar-refractivity contribution >= 4 is 21.6 Å². The van der Waals surface area contributed by atoms with Gasteiger partial charge in [-0.05, 0) is 18.6 Å². The number of hydrogen-bond donors (Lipinski definition) is 2. The van der Waals surface area contributed by atoms with Gasteiger partial charge < -0.3 is 11.5 Å². The van der Waals surface area contributed by atoms with Crippen LogP contribution in [0.15, 0.2) is 17.0 Å². The van der Waals surface area contributed by atoms with Gasteiger partial charge >= 0.3 is 0 Å². The number of halogens is 2. The van der Waals surface area contributed by atoms with Gasteiger partial charge in [-0.1, -0.05) is 13.3 Å². The van der Waals surface area contributed by atoms with Gasteiger partial charge in [0, 0.05) is 12.2 Å². The highest BCUT2D eigenvalue weighted by Gasteiger charge is 2.31. The van der Waals surface area contributed by atoms with Crippen LogP contribution in [-0.4, -0.2) is 31.7 Å². The molecular formula is C12H17F2N3O3S. The zero-order valence-corrected chi connectivity index (χ0v) is 12.3. The van der Waals surface area contributed by atoms with Crippen molar-refractivity contribution in [3.05, 3.63) is 23.8 Å². The van der Waals surface area contributed by atoms with E-state index >= 15 is 0 Å². The SMILES string of the molecule is CCCCN(CC(N)=O)S(=O)(=O)c1c(F)cc(N)cc1F. The molecule has 0 saturated heterocycles. The summed E-state index contributed by atoms with van der Waals surface area (Å²) in [6.45, 7) is 1.09. The summed E-state index contributed by atoms with van der Waals surface area (Å²) in [7, 11) is -4.52. The van der Waals surface area contributed by atoms with Crippen molar-refractivity contribution in [3.63, 3.8) is 0 Å². The fourth-order valence-electron chi connectivity index (χ4n) is 1.75. The summed E-state index contributed by atoms with van der Waals surface area (Å²) in [6, 6.07) is 1.41. The maximum Gasteiger partial charge on any atom is 0.249 e. The highest BCUT2D eigenvalue weighted by atomic mass is 32.2. The summed E-state index contributed by atoms with van der Waals surface area (Å²) in [5, 5.41) is 0. The van der Waals surface area contributed by atoms with Crippen molar-refractivity contribution in [1.29, 1.82) is 0 Å². The number of nitrogens with zero attached hydrogens (tertiary/aromatic N) is 1. The first-order valence-corrected chi connectivity index (χ1v) is 7.67. The average Bonchev–Trinajstić information content (AvgIpc) is 2.32. The Balaban J connectivity index is 3.31. The molecule has 0 fully saturated rings. The van der Waals surface area contributed by atoms with E-state index < -0.39 is 39.0 Å². The lowest BCUT2D eigenvalue weighted by atomic mass is 10.3. The van der Waals surface area contributed by atoms with E-state index in [-0.39, 0.29) is 12.2 Å². The normalized spacial score (nSPS) is 11.8. The summed E-state index contributed by atoms with van der Waals surface area (Å²) in [4.78, 5) is 9.85. The lowest BCUT2D eigenvalue weighted by molar-refractivity contribution is -0.118. The third-order valence-electron chi connectivity index (χ3n) is 2.71. The zero-order chi connectivity index (χ0) is 16.2. The van der Waals surface area contributed by atoms with Crippen LogP contribution in [0.5, 0.6) is 0 Å². The molecule has 0 heterocycles. The summed E-state index contributed by atoms with van der Waals surface area (Å²) in [5.41, 5.74) is 10.00. The first kappa shape index (κ1) is 17.3. The van der Waals surface area contributed by atoms with Gasteiger partial charge in [-0.2, -0.15) is 4.31 Å². The van der Waals surface area contributed by atoms with Gasteiger partial charge in [-0.25, -0.2) is 17.2 Å². The molecule has 21 heavy (non-hydrogen) atoms. The van der Waals surface area contributed by atoms with E-state index in [0.717, 1.165) is 0 Å². The van der Waals surface area contributed by atoms with Gasteiger partial charge in [-0.3, -0.25) is 4.79 Å². The van der Waals surface area contributed by atoms with E-state index in [9.17, 15) is 22.0 Å². The highest BCUT2D eigenvalue weighted by Crippen LogP contribution is 2.25. The molecule has 0 spiro atoms. The molecule has 1 aromatic carbocycles. The Bertz CT molecular complexity index is 612. The minimum absolute atomic E-state index is 0.0645. The Morgan fingerprint density at radius 1 is 1.29 bits per heavy atom. The van der Waals surface area contributed by atoms with Crippen LogP contribution in [0.4, 0.5) is 14.5 Å². The molecule has 1 aromatic rings. The standard InChI is InChI=1S/C12H17F2N3O3S/c1-2-3-4-17(7-11(16)18)21(19,20)12-9(13)5-8(15)6-10(12)14/h5-6H,2-4,7,15H2,1H3,(H2,16,18). The second-order valence-corrected chi connectivity index (χ2v) is 6.35.